The van der Waals surface area contributed by atoms with Crippen molar-refractivity contribution in [2.45, 2.75) is 26.9 Å². The Balaban J connectivity index is 1.62. The maximum absolute atomic E-state index is 13.6. The van der Waals surface area contributed by atoms with E-state index in [0.29, 0.717) is 24.4 Å². The predicted molar refractivity (Wildman–Crippen MR) is 104 cm³/mol. The van der Waals surface area contributed by atoms with Crippen molar-refractivity contribution in [1.29, 1.82) is 0 Å². The van der Waals surface area contributed by atoms with Gasteiger partial charge in [0.05, 0.1) is 17.5 Å². The summed E-state index contributed by atoms with van der Waals surface area (Å²) in [6, 6.07) is 9.88. The summed E-state index contributed by atoms with van der Waals surface area (Å²) in [6.07, 6.45) is 1.58. The lowest BCUT2D eigenvalue weighted by molar-refractivity contribution is 0.0942. The number of carbonyl (C=O) groups is 1. The van der Waals surface area contributed by atoms with Gasteiger partial charge >= 0.3 is 0 Å². The Kier molecular flexibility index (Phi) is 4.50. The molecule has 1 aromatic carbocycles. The van der Waals surface area contributed by atoms with E-state index in [1.807, 2.05) is 31.5 Å². The number of furan rings is 1. The summed E-state index contributed by atoms with van der Waals surface area (Å²) in [5.74, 6) is -0.521. The number of carbonyl (C=O) groups excluding carboxylic acids is 1. The molecule has 0 saturated carbocycles. The molecule has 4 rings (SSSR count). The predicted octanol–water partition coefficient (Wildman–Crippen LogP) is 3.70. The molecule has 0 aliphatic rings. The van der Waals surface area contributed by atoms with Crippen LogP contribution in [0, 0.1) is 19.7 Å². The second-order valence-electron chi connectivity index (χ2n) is 6.87. The highest BCUT2D eigenvalue weighted by Gasteiger charge is 2.19. The molecule has 6 nitrogen and oxygen atoms in total. The summed E-state index contributed by atoms with van der Waals surface area (Å²) in [5, 5.41) is 7.35. The van der Waals surface area contributed by atoms with Crippen molar-refractivity contribution in [1.82, 2.24) is 19.7 Å². The second kappa shape index (κ2) is 6.99. The van der Waals surface area contributed by atoms with Gasteiger partial charge in [-0.2, -0.15) is 5.10 Å². The van der Waals surface area contributed by atoms with Crippen LogP contribution in [-0.4, -0.2) is 20.3 Å². The van der Waals surface area contributed by atoms with Gasteiger partial charge in [0.1, 0.15) is 11.5 Å². The standard InChI is InChI=1S/C21H21FN4O2/c1-13-17(14(2)25(3)24-13)11-23-21(27)19-10-20-18(7-8-28-20)26(19)12-15-5-4-6-16(22)9-15/h4-10H,11-12H2,1-3H3,(H,23,27). The number of aryl methyl sites for hydroxylation is 2. The highest BCUT2D eigenvalue weighted by atomic mass is 19.1. The number of rotatable bonds is 5. The van der Waals surface area contributed by atoms with Gasteiger partial charge in [0, 0.05) is 43.5 Å². The van der Waals surface area contributed by atoms with E-state index >= 15 is 0 Å². The normalized spacial score (nSPS) is 11.3. The summed E-state index contributed by atoms with van der Waals surface area (Å²) in [4.78, 5) is 12.9. The SMILES string of the molecule is Cc1nn(C)c(C)c1CNC(=O)c1cc2occc2n1Cc1cccc(F)c1. The van der Waals surface area contributed by atoms with Gasteiger partial charge in [0.2, 0.25) is 0 Å². The van der Waals surface area contributed by atoms with Gasteiger partial charge in [0.25, 0.3) is 5.91 Å². The number of hydrogen-bond acceptors (Lipinski definition) is 3. The molecule has 3 aromatic heterocycles. The molecule has 28 heavy (non-hydrogen) atoms. The fraction of sp³-hybridized carbons (Fsp3) is 0.238. The number of halogens is 1. The maximum atomic E-state index is 13.6. The Morgan fingerprint density at radius 2 is 2.07 bits per heavy atom. The van der Waals surface area contributed by atoms with Gasteiger partial charge in [-0.05, 0) is 31.5 Å². The van der Waals surface area contributed by atoms with Crippen molar-refractivity contribution in [3.63, 3.8) is 0 Å². The molecule has 7 heteroatoms. The molecule has 3 heterocycles. The van der Waals surface area contributed by atoms with Crippen molar-refractivity contribution in [2.24, 2.45) is 7.05 Å². The van der Waals surface area contributed by atoms with E-state index in [2.05, 4.69) is 10.4 Å². The molecule has 0 spiro atoms. The molecular weight excluding hydrogens is 359 g/mol. The van der Waals surface area contributed by atoms with E-state index in [9.17, 15) is 9.18 Å². The van der Waals surface area contributed by atoms with E-state index in [1.165, 1.54) is 12.1 Å². The Hall–Kier alpha value is -3.35. The first-order valence-electron chi connectivity index (χ1n) is 9.02. The number of amides is 1. The van der Waals surface area contributed by atoms with E-state index in [1.54, 1.807) is 29.1 Å². The molecule has 0 unspecified atom stereocenters. The molecule has 0 radical (unpaired) electrons. The van der Waals surface area contributed by atoms with Crippen LogP contribution in [0.4, 0.5) is 4.39 Å². The highest BCUT2D eigenvalue weighted by Crippen LogP contribution is 2.23. The third-order valence-corrected chi connectivity index (χ3v) is 5.07. The average molecular weight is 380 g/mol. The molecule has 0 aliphatic carbocycles. The van der Waals surface area contributed by atoms with Crippen molar-refractivity contribution in [3.05, 3.63) is 76.7 Å². The third-order valence-electron chi connectivity index (χ3n) is 5.07. The Labute approximate surface area is 161 Å². The number of aromatic nitrogens is 3. The van der Waals surface area contributed by atoms with Crippen LogP contribution >= 0.6 is 0 Å². The third kappa shape index (κ3) is 3.19. The van der Waals surface area contributed by atoms with Crippen LogP contribution in [0.5, 0.6) is 0 Å². The van der Waals surface area contributed by atoms with E-state index < -0.39 is 0 Å². The van der Waals surface area contributed by atoms with Gasteiger partial charge in [0.15, 0.2) is 5.58 Å². The largest absolute Gasteiger partial charge is 0.463 e. The number of fused-ring (bicyclic) bond motifs is 1. The molecule has 144 valence electrons. The summed E-state index contributed by atoms with van der Waals surface area (Å²) >= 11 is 0. The van der Waals surface area contributed by atoms with Gasteiger partial charge in [-0.15, -0.1) is 0 Å². The smallest absolute Gasteiger partial charge is 0.268 e. The van der Waals surface area contributed by atoms with Gasteiger partial charge < -0.3 is 14.3 Å². The monoisotopic (exact) mass is 380 g/mol. The molecule has 0 fully saturated rings. The zero-order chi connectivity index (χ0) is 19.8. The molecule has 1 amide bonds. The topological polar surface area (TPSA) is 65.0 Å². The van der Waals surface area contributed by atoms with Crippen molar-refractivity contribution in [3.8, 4) is 0 Å². The maximum Gasteiger partial charge on any atom is 0.268 e. The fourth-order valence-electron chi connectivity index (χ4n) is 3.49. The quantitative estimate of drug-likeness (QED) is 0.574. The summed E-state index contributed by atoms with van der Waals surface area (Å²) < 4.78 is 22.7. The van der Waals surface area contributed by atoms with Crippen LogP contribution < -0.4 is 5.32 Å². The minimum atomic E-state index is -0.304. The molecular formula is C21H21FN4O2. The molecule has 4 aromatic rings. The van der Waals surface area contributed by atoms with Crippen LogP contribution in [0.3, 0.4) is 0 Å². The van der Waals surface area contributed by atoms with E-state index in [4.69, 9.17) is 4.42 Å². The fourth-order valence-corrected chi connectivity index (χ4v) is 3.49. The van der Waals surface area contributed by atoms with Crippen LogP contribution in [0.25, 0.3) is 11.1 Å². The zero-order valence-corrected chi connectivity index (χ0v) is 16.0. The molecule has 0 saturated heterocycles. The Bertz CT molecular complexity index is 1170. The lowest BCUT2D eigenvalue weighted by Crippen LogP contribution is -2.26. The summed E-state index contributed by atoms with van der Waals surface area (Å²) in [6.45, 7) is 4.65. The van der Waals surface area contributed by atoms with Crippen molar-refractivity contribution in [2.75, 3.05) is 0 Å². The van der Waals surface area contributed by atoms with E-state index in [0.717, 1.165) is 28.0 Å². The van der Waals surface area contributed by atoms with E-state index in [-0.39, 0.29) is 11.7 Å². The van der Waals surface area contributed by atoms with Gasteiger partial charge in [-0.25, -0.2) is 4.39 Å². The van der Waals surface area contributed by atoms with Gasteiger partial charge in [-0.1, -0.05) is 12.1 Å². The number of nitrogens with zero attached hydrogens (tertiary/aromatic N) is 3. The zero-order valence-electron chi connectivity index (χ0n) is 16.0. The molecule has 0 aliphatic heterocycles. The van der Waals surface area contributed by atoms with Crippen LogP contribution in [0.15, 0.2) is 47.1 Å². The Morgan fingerprint density at radius 1 is 1.25 bits per heavy atom. The second-order valence-corrected chi connectivity index (χ2v) is 6.87. The number of nitrogens with one attached hydrogen (secondary N) is 1. The van der Waals surface area contributed by atoms with Gasteiger partial charge in [-0.3, -0.25) is 9.48 Å². The van der Waals surface area contributed by atoms with Crippen LogP contribution in [0.1, 0.15) is 33.0 Å². The molecule has 0 atom stereocenters. The minimum absolute atomic E-state index is 0.217. The summed E-state index contributed by atoms with van der Waals surface area (Å²) in [7, 11) is 1.88. The molecule has 0 bridgehead atoms. The van der Waals surface area contributed by atoms with Crippen LogP contribution in [-0.2, 0) is 20.1 Å². The van der Waals surface area contributed by atoms with Crippen molar-refractivity contribution >= 4 is 17.0 Å². The minimum Gasteiger partial charge on any atom is -0.463 e. The van der Waals surface area contributed by atoms with Crippen molar-refractivity contribution < 1.29 is 13.6 Å². The molecule has 1 N–H and O–H groups in total. The number of hydrogen-bond donors (Lipinski definition) is 1. The summed E-state index contributed by atoms with van der Waals surface area (Å²) in [5.41, 5.74) is 5.57. The first-order valence-corrected chi connectivity index (χ1v) is 9.02. The number of benzene rings is 1. The average Bonchev–Trinajstić information content (AvgIpc) is 3.30. The Morgan fingerprint density at radius 3 is 2.79 bits per heavy atom. The lowest BCUT2D eigenvalue weighted by Gasteiger charge is -2.11. The first-order chi connectivity index (χ1) is 13.4. The first kappa shape index (κ1) is 18.0. The highest BCUT2D eigenvalue weighted by molar-refractivity contribution is 5.97. The van der Waals surface area contributed by atoms with Crippen LogP contribution in [0.2, 0.25) is 0 Å². The lowest BCUT2D eigenvalue weighted by atomic mass is 10.2.